The number of likely N-dealkylation sites (tertiary alicyclic amines) is 1. The number of rotatable bonds is 5. The van der Waals surface area contributed by atoms with Gasteiger partial charge in [0.15, 0.2) is 0 Å². The van der Waals surface area contributed by atoms with Gasteiger partial charge in [0.25, 0.3) is 5.69 Å². The SMILES string of the molecule is CC1CN(CCc2ccc([N+](=O)[O-])cc2)CC1N(C)C. The van der Waals surface area contributed by atoms with Crippen LogP contribution in [0.5, 0.6) is 0 Å². The molecule has 1 aromatic carbocycles. The lowest BCUT2D eigenvalue weighted by atomic mass is 10.1. The standard InChI is InChI=1S/C15H23N3O2/c1-12-10-17(11-15(12)16(2)3)9-8-13-4-6-14(7-5-13)18(19)20/h4-7,12,15H,8-11H2,1-3H3. The Morgan fingerprint density at radius 2 is 1.95 bits per heavy atom. The van der Waals surface area contributed by atoms with E-state index in [9.17, 15) is 10.1 Å². The Morgan fingerprint density at radius 1 is 1.30 bits per heavy atom. The van der Waals surface area contributed by atoms with Gasteiger partial charge in [-0.15, -0.1) is 0 Å². The topological polar surface area (TPSA) is 49.6 Å². The molecule has 0 N–H and O–H groups in total. The molecule has 2 atom stereocenters. The van der Waals surface area contributed by atoms with Crippen LogP contribution in [0.4, 0.5) is 5.69 Å². The van der Waals surface area contributed by atoms with Crippen molar-refractivity contribution in [1.29, 1.82) is 0 Å². The molecule has 20 heavy (non-hydrogen) atoms. The predicted molar refractivity (Wildman–Crippen MR) is 79.9 cm³/mol. The first-order valence-electron chi connectivity index (χ1n) is 7.09. The molecule has 1 heterocycles. The molecule has 1 aliphatic heterocycles. The van der Waals surface area contributed by atoms with E-state index in [0.29, 0.717) is 12.0 Å². The van der Waals surface area contributed by atoms with E-state index < -0.39 is 0 Å². The Labute approximate surface area is 120 Å². The molecule has 0 aliphatic carbocycles. The molecule has 1 aromatic rings. The Kier molecular flexibility index (Phi) is 4.73. The van der Waals surface area contributed by atoms with Crippen LogP contribution in [-0.4, -0.2) is 54.5 Å². The van der Waals surface area contributed by atoms with Gasteiger partial charge in [-0.2, -0.15) is 0 Å². The maximum absolute atomic E-state index is 10.6. The highest BCUT2D eigenvalue weighted by Crippen LogP contribution is 2.20. The van der Waals surface area contributed by atoms with Crippen LogP contribution >= 0.6 is 0 Å². The van der Waals surface area contributed by atoms with Crippen LogP contribution in [0.15, 0.2) is 24.3 Å². The van der Waals surface area contributed by atoms with Gasteiger partial charge in [0.2, 0.25) is 0 Å². The zero-order valence-electron chi connectivity index (χ0n) is 12.5. The summed E-state index contributed by atoms with van der Waals surface area (Å²) < 4.78 is 0. The first-order valence-corrected chi connectivity index (χ1v) is 7.09. The van der Waals surface area contributed by atoms with E-state index in [4.69, 9.17) is 0 Å². The van der Waals surface area contributed by atoms with Gasteiger partial charge < -0.3 is 9.80 Å². The van der Waals surface area contributed by atoms with E-state index in [1.54, 1.807) is 12.1 Å². The molecule has 1 fully saturated rings. The number of benzene rings is 1. The zero-order chi connectivity index (χ0) is 14.7. The lowest BCUT2D eigenvalue weighted by molar-refractivity contribution is -0.384. The van der Waals surface area contributed by atoms with E-state index >= 15 is 0 Å². The summed E-state index contributed by atoms with van der Waals surface area (Å²) in [5.74, 6) is 0.696. The van der Waals surface area contributed by atoms with Crippen LogP contribution in [-0.2, 0) is 6.42 Å². The number of nitro benzene ring substituents is 1. The highest BCUT2D eigenvalue weighted by molar-refractivity contribution is 5.32. The van der Waals surface area contributed by atoms with Crippen molar-refractivity contribution in [2.24, 2.45) is 5.92 Å². The molecule has 110 valence electrons. The van der Waals surface area contributed by atoms with Crippen LogP contribution < -0.4 is 0 Å². The summed E-state index contributed by atoms with van der Waals surface area (Å²) in [6.07, 6.45) is 0.949. The molecule has 0 saturated carbocycles. The molecule has 0 radical (unpaired) electrons. The van der Waals surface area contributed by atoms with Crippen molar-refractivity contribution in [1.82, 2.24) is 9.80 Å². The number of nitrogens with zero attached hydrogens (tertiary/aromatic N) is 3. The summed E-state index contributed by atoms with van der Waals surface area (Å²) in [4.78, 5) is 15.0. The molecule has 1 aliphatic rings. The Morgan fingerprint density at radius 3 is 2.45 bits per heavy atom. The average Bonchev–Trinajstić information content (AvgIpc) is 2.78. The fourth-order valence-corrected chi connectivity index (χ4v) is 2.97. The lowest BCUT2D eigenvalue weighted by Crippen LogP contribution is -2.34. The van der Waals surface area contributed by atoms with E-state index in [0.717, 1.165) is 31.6 Å². The van der Waals surface area contributed by atoms with Crippen LogP contribution in [0.2, 0.25) is 0 Å². The van der Waals surface area contributed by atoms with E-state index in [1.165, 1.54) is 0 Å². The Balaban J connectivity index is 1.85. The predicted octanol–water partition coefficient (Wildman–Crippen LogP) is 2.02. The summed E-state index contributed by atoms with van der Waals surface area (Å²) >= 11 is 0. The summed E-state index contributed by atoms with van der Waals surface area (Å²) in [5, 5.41) is 10.6. The molecule has 0 spiro atoms. The van der Waals surface area contributed by atoms with Crippen molar-refractivity contribution < 1.29 is 4.92 Å². The van der Waals surface area contributed by atoms with Gasteiger partial charge in [0.05, 0.1) is 4.92 Å². The molecule has 5 heteroatoms. The summed E-state index contributed by atoms with van der Waals surface area (Å²) in [6.45, 7) is 5.57. The first kappa shape index (κ1) is 14.9. The van der Waals surface area contributed by atoms with Gasteiger partial charge in [-0.25, -0.2) is 0 Å². The quantitative estimate of drug-likeness (QED) is 0.610. The summed E-state index contributed by atoms with van der Waals surface area (Å²) in [5.41, 5.74) is 1.33. The third kappa shape index (κ3) is 3.55. The van der Waals surface area contributed by atoms with Gasteiger partial charge in [0.1, 0.15) is 0 Å². The second-order valence-electron chi connectivity index (χ2n) is 5.94. The average molecular weight is 277 g/mol. The van der Waals surface area contributed by atoms with Crippen LogP contribution in [0, 0.1) is 16.0 Å². The Bertz CT molecular complexity index is 459. The van der Waals surface area contributed by atoms with Crippen LogP contribution in [0.25, 0.3) is 0 Å². The van der Waals surface area contributed by atoms with E-state index in [1.807, 2.05) is 12.1 Å². The monoisotopic (exact) mass is 277 g/mol. The normalized spacial score (nSPS) is 23.4. The smallest absolute Gasteiger partial charge is 0.269 e. The Hall–Kier alpha value is -1.46. The van der Waals surface area contributed by atoms with Crippen LogP contribution in [0.3, 0.4) is 0 Å². The highest BCUT2D eigenvalue weighted by Gasteiger charge is 2.30. The molecular formula is C15H23N3O2. The van der Waals surface area contributed by atoms with Crippen LogP contribution in [0.1, 0.15) is 12.5 Å². The van der Waals surface area contributed by atoms with Gasteiger partial charge in [-0.1, -0.05) is 19.1 Å². The molecule has 0 bridgehead atoms. The van der Waals surface area contributed by atoms with Gasteiger partial charge in [-0.3, -0.25) is 10.1 Å². The number of likely N-dealkylation sites (N-methyl/N-ethyl adjacent to an activating group) is 1. The minimum absolute atomic E-state index is 0.163. The zero-order valence-corrected chi connectivity index (χ0v) is 12.5. The second kappa shape index (κ2) is 6.33. The third-order valence-corrected chi connectivity index (χ3v) is 4.18. The van der Waals surface area contributed by atoms with Gasteiger partial charge in [0, 0.05) is 37.8 Å². The number of hydrogen-bond donors (Lipinski definition) is 0. The van der Waals surface area contributed by atoms with Crippen molar-refractivity contribution in [2.45, 2.75) is 19.4 Å². The number of hydrogen-bond acceptors (Lipinski definition) is 4. The minimum atomic E-state index is -0.354. The maximum atomic E-state index is 10.6. The molecule has 0 aromatic heterocycles. The van der Waals surface area contributed by atoms with Crippen molar-refractivity contribution in [3.05, 3.63) is 39.9 Å². The highest BCUT2D eigenvalue weighted by atomic mass is 16.6. The summed E-state index contributed by atoms with van der Waals surface area (Å²) in [7, 11) is 4.28. The summed E-state index contributed by atoms with van der Waals surface area (Å²) in [6, 6.07) is 7.53. The fourth-order valence-electron chi connectivity index (χ4n) is 2.97. The van der Waals surface area contributed by atoms with Crippen molar-refractivity contribution in [2.75, 3.05) is 33.7 Å². The molecule has 1 saturated heterocycles. The van der Waals surface area contributed by atoms with Crippen molar-refractivity contribution in [3.8, 4) is 0 Å². The van der Waals surface area contributed by atoms with Crippen molar-refractivity contribution in [3.63, 3.8) is 0 Å². The van der Waals surface area contributed by atoms with Gasteiger partial charge in [-0.05, 0) is 32.0 Å². The minimum Gasteiger partial charge on any atom is -0.305 e. The molecule has 5 nitrogen and oxygen atoms in total. The second-order valence-corrected chi connectivity index (χ2v) is 5.94. The van der Waals surface area contributed by atoms with E-state index in [-0.39, 0.29) is 10.6 Å². The molecule has 2 rings (SSSR count). The fraction of sp³-hybridized carbons (Fsp3) is 0.600. The number of non-ortho nitro benzene ring substituents is 1. The maximum Gasteiger partial charge on any atom is 0.269 e. The molecule has 2 unspecified atom stereocenters. The number of nitro groups is 1. The van der Waals surface area contributed by atoms with E-state index in [2.05, 4.69) is 30.8 Å². The molecule has 0 amide bonds. The lowest BCUT2D eigenvalue weighted by Gasteiger charge is -2.22. The third-order valence-electron chi connectivity index (χ3n) is 4.18. The van der Waals surface area contributed by atoms with Crippen molar-refractivity contribution >= 4 is 5.69 Å². The van der Waals surface area contributed by atoms with Gasteiger partial charge >= 0.3 is 0 Å². The molecular weight excluding hydrogens is 254 g/mol. The largest absolute Gasteiger partial charge is 0.305 e. The first-order chi connectivity index (χ1) is 9.47.